The first kappa shape index (κ1) is 15.7. The van der Waals surface area contributed by atoms with Crippen LogP contribution in [0.15, 0.2) is 0 Å². The second kappa shape index (κ2) is 5.96. The molecular weight excluding hydrogens is 272 g/mol. The van der Waals surface area contributed by atoms with E-state index in [2.05, 4.69) is 11.6 Å². The summed E-state index contributed by atoms with van der Waals surface area (Å²) in [5, 5.41) is 3.58. The minimum atomic E-state index is -0.387. The molecule has 0 aromatic rings. The molecule has 1 aliphatic carbocycles. The van der Waals surface area contributed by atoms with Crippen molar-refractivity contribution in [3.8, 4) is 0 Å². The van der Waals surface area contributed by atoms with Gasteiger partial charge in [-0.1, -0.05) is 20.8 Å². The van der Waals surface area contributed by atoms with Gasteiger partial charge in [-0.2, -0.15) is 11.8 Å². The second-order valence-electron chi connectivity index (χ2n) is 7.00. The Kier molecular flexibility index (Phi) is 4.67. The summed E-state index contributed by atoms with van der Waals surface area (Å²) in [7, 11) is 0. The van der Waals surface area contributed by atoms with Crippen LogP contribution in [0.25, 0.3) is 0 Å². The normalized spacial score (nSPS) is 32.2. The van der Waals surface area contributed by atoms with Crippen molar-refractivity contribution in [1.29, 1.82) is 0 Å². The summed E-state index contributed by atoms with van der Waals surface area (Å²) < 4.78 is 0. The number of nitrogens with one attached hydrogen (secondary N) is 1. The van der Waals surface area contributed by atoms with Gasteiger partial charge in [0.15, 0.2) is 0 Å². The lowest BCUT2D eigenvalue weighted by Crippen LogP contribution is -2.64. The Morgan fingerprint density at radius 3 is 2.25 bits per heavy atom. The lowest BCUT2D eigenvalue weighted by Gasteiger charge is -2.44. The van der Waals surface area contributed by atoms with Gasteiger partial charge >= 0.3 is 0 Å². The van der Waals surface area contributed by atoms with Gasteiger partial charge in [-0.05, 0) is 37.4 Å². The SMILES string of the molecule is CSC1CCC(N2CC(=O)NC(C(C)(C)C)C2=O)CC1. The van der Waals surface area contributed by atoms with Crippen LogP contribution in [-0.2, 0) is 9.59 Å². The maximum absolute atomic E-state index is 12.7. The van der Waals surface area contributed by atoms with Crippen molar-refractivity contribution in [2.24, 2.45) is 5.41 Å². The average molecular weight is 298 g/mol. The van der Waals surface area contributed by atoms with Crippen molar-refractivity contribution < 1.29 is 9.59 Å². The number of carbonyl (C=O) groups is 2. The Morgan fingerprint density at radius 2 is 1.75 bits per heavy atom. The number of hydrogen-bond donors (Lipinski definition) is 1. The molecular formula is C15H26N2O2S. The number of rotatable bonds is 2. The van der Waals surface area contributed by atoms with E-state index in [1.54, 1.807) is 0 Å². The fourth-order valence-corrected chi connectivity index (χ4v) is 3.90. The molecule has 1 atom stereocenters. The summed E-state index contributed by atoms with van der Waals surface area (Å²) in [6.07, 6.45) is 6.51. The largest absolute Gasteiger partial charge is 0.342 e. The number of nitrogens with zero attached hydrogens (tertiary/aromatic N) is 1. The summed E-state index contributed by atoms with van der Waals surface area (Å²) in [5.74, 6) is 0.0845. The molecule has 0 spiro atoms. The Bertz CT molecular complexity index is 384. The smallest absolute Gasteiger partial charge is 0.246 e. The quantitative estimate of drug-likeness (QED) is 0.848. The van der Waals surface area contributed by atoms with Crippen LogP contribution >= 0.6 is 11.8 Å². The predicted octanol–water partition coefficient (Wildman–Crippen LogP) is 2.03. The minimum absolute atomic E-state index is 0.0171. The summed E-state index contributed by atoms with van der Waals surface area (Å²) in [4.78, 5) is 26.4. The standard InChI is InChI=1S/C15H26N2O2S/c1-15(2,3)13-14(19)17(9-12(18)16-13)10-5-7-11(20-4)8-6-10/h10-11,13H,5-9H2,1-4H3,(H,16,18). The Hall–Kier alpha value is -0.710. The van der Waals surface area contributed by atoms with Crippen LogP contribution in [-0.4, -0.2) is 46.8 Å². The molecule has 1 aliphatic heterocycles. The topological polar surface area (TPSA) is 49.4 Å². The summed E-state index contributed by atoms with van der Waals surface area (Å²) in [6, 6.07) is -0.135. The maximum Gasteiger partial charge on any atom is 0.246 e. The zero-order chi connectivity index (χ0) is 14.9. The average Bonchev–Trinajstić information content (AvgIpc) is 2.40. The van der Waals surface area contributed by atoms with Crippen molar-refractivity contribution in [3.63, 3.8) is 0 Å². The third kappa shape index (κ3) is 3.30. The van der Waals surface area contributed by atoms with Gasteiger partial charge in [-0.25, -0.2) is 0 Å². The van der Waals surface area contributed by atoms with Crippen molar-refractivity contribution >= 4 is 23.6 Å². The van der Waals surface area contributed by atoms with Crippen LogP contribution < -0.4 is 5.32 Å². The van der Waals surface area contributed by atoms with Crippen molar-refractivity contribution in [2.45, 2.75) is 63.8 Å². The molecule has 1 saturated heterocycles. The zero-order valence-electron chi connectivity index (χ0n) is 12.9. The molecule has 20 heavy (non-hydrogen) atoms. The molecule has 1 unspecified atom stereocenters. The Balaban J connectivity index is 2.07. The molecule has 2 fully saturated rings. The van der Waals surface area contributed by atoms with E-state index in [9.17, 15) is 9.59 Å². The van der Waals surface area contributed by atoms with Crippen molar-refractivity contribution in [1.82, 2.24) is 10.2 Å². The highest BCUT2D eigenvalue weighted by molar-refractivity contribution is 7.99. The van der Waals surface area contributed by atoms with Crippen molar-refractivity contribution in [2.75, 3.05) is 12.8 Å². The molecule has 1 heterocycles. The minimum Gasteiger partial charge on any atom is -0.342 e. The van der Waals surface area contributed by atoms with E-state index in [1.165, 1.54) is 0 Å². The molecule has 5 heteroatoms. The lowest BCUT2D eigenvalue weighted by molar-refractivity contribution is -0.150. The molecule has 0 aromatic carbocycles. The second-order valence-corrected chi connectivity index (χ2v) is 8.14. The van der Waals surface area contributed by atoms with Gasteiger partial charge in [0.05, 0.1) is 6.54 Å². The summed E-state index contributed by atoms with van der Waals surface area (Å²) in [6.45, 7) is 6.25. The van der Waals surface area contributed by atoms with E-state index in [0.717, 1.165) is 30.9 Å². The number of amides is 2. The Morgan fingerprint density at radius 1 is 1.15 bits per heavy atom. The summed E-state index contributed by atoms with van der Waals surface area (Å²) >= 11 is 1.92. The van der Waals surface area contributed by atoms with Crippen LogP contribution in [0.3, 0.4) is 0 Å². The third-order valence-electron chi connectivity index (χ3n) is 4.43. The van der Waals surface area contributed by atoms with E-state index in [-0.39, 0.29) is 35.9 Å². The van der Waals surface area contributed by atoms with E-state index >= 15 is 0 Å². The molecule has 1 N–H and O–H groups in total. The van der Waals surface area contributed by atoms with Crippen LogP contribution in [0.5, 0.6) is 0 Å². The van der Waals surface area contributed by atoms with Gasteiger partial charge in [0.1, 0.15) is 6.04 Å². The molecule has 1 saturated carbocycles. The van der Waals surface area contributed by atoms with Gasteiger partial charge in [0, 0.05) is 11.3 Å². The molecule has 4 nitrogen and oxygen atoms in total. The first-order valence-electron chi connectivity index (χ1n) is 7.45. The van der Waals surface area contributed by atoms with Gasteiger partial charge in [0.2, 0.25) is 11.8 Å². The monoisotopic (exact) mass is 298 g/mol. The highest BCUT2D eigenvalue weighted by Gasteiger charge is 2.42. The number of thioether (sulfide) groups is 1. The van der Waals surface area contributed by atoms with Crippen molar-refractivity contribution in [3.05, 3.63) is 0 Å². The van der Waals surface area contributed by atoms with Gasteiger partial charge in [-0.3, -0.25) is 9.59 Å². The van der Waals surface area contributed by atoms with Gasteiger partial charge < -0.3 is 10.2 Å². The first-order valence-corrected chi connectivity index (χ1v) is 8.74. The maximum atomic E-state index is 12.7. The fraction of sp³-hybridized carbons (Fsp3) is 0.867. The number of piperazine rings is 1. The first-order chi connectivity index (χ1) is 9.32. The van der Waals surface area contributed by atoms with Gasteiger partial charge in [0.25, 0.3) is 0 Å². The van der Waals surface area contributed by atoms with Crippen LogP contribution in [0.2, 0.25) is 0 Å². The van der Waals surface area contributed by atoms with E-state index in [0.29, 0.717) is 0 Å². The van der Waals surface area contributed by atoms with E-state index in [4.69, 9.17) is 0 Å². The molecule has 2 aliphatic rings. The zero-order valence-corrected chi connectivity index (χ0v) is 13.8. The number of carbonyl (C=O) groups excluding carboxylic acids is 2. The van der Waals surface area contributed by atoms with E-state index in [1.807, 2.05) is 37.4 Å². The molecule has 0 radical (unpaired) electrons. The van der Waals surface area contributed by atoms with Crippen LogP contribution in [0.1, 0.15) is 46.5 Å². The van der Waals surface area contributed by atoms with Gasteiger partial charge in [-0.15, -0.1) is 0 Å². The van der Waals surface area contributed by atoms with E-state index < -0.39 is 0 Å². The molecule has 2 rings (SSSR count). The fourth-order valence-electron chi connectivity index (χ4n) is 3.16. The predicted molar refractivity (Wildman–Crippen MR) is 82.7 cm³/mol. The summed E-state index contributed by atoms with van der Waals surface area (Å²) in [5.41, 5.74) is -0.234. The van der Waals surface area contributed by atoms with Crippen LogP contribution in [0, 0.1) is 5.41 Å². The highest BCUT2D eigenvalue weighted by atomic mass is 32.2. The number of hydrogen-bond acceptors (Lipinski definition) is 3. The lowest BCUT2D eigenvalue weighted by atomic mass is 9.83. The highest BCUT2D eigenvalue weighted by Crippen LogP contribution is 2.32. The third-order valence-corrected chi connectivity index (χ3v) is 5.57. The molecule has 2 amide bonds. The molecule has 114 valence electrons. The molecule has 0 aromatic heterocycles. The Labute approximate surface area is 126 Å². The van der Waals surface area contributed by atoms with Crippen LogP contribution in [0.4, 0.5) is 0 Å². The molecule has 0 bridgehead atoms.